The Morgan fingerprint density at radius 1 is 1.25 bits per heavy atom. The highest BCUT2D eigenvalue weighted by Crippen LogP contribution is 2.26. The number of rotatable bonds is 6. The van der Waals surface area contributed by atoms with Crippen LogP contribution >= 0.6 is 0 Å². The number of methoxy groups -OCH3 is 1. The fourth-order valence-corrected chi connectivity index (χ4v) is 4.49. The van der Waals surface area contributed by atoms with Crippen molar-refractivity contribution in [2.24, 2.45) is 0 Å². The molecule has 1 amide bonds. The second-order valence-electron chi connectivity index (χ2n) is 6.63. The standard InChI is InChI=1S/C19H23N3O5S/c1-21(2)19(23)17-8-5-10-20-18(17)27-15-9-11-22(13-15)28(24,25)16-7-4-6-14(12-16)26-3/h4-8,10,12,15H,9,11,13H2,1-3H3. The van der Waals surface area contributed by atoms with Gasteiger partial charge in [-0.3, -0.25) is 4.79 Å². The lowest BCUT2D eigenvalue weighted by molar-refractivity contribution is 0.0818. The second kappa shape index (κ2) is 8.15. The van der Waals surface area contributed by atoms with Crippen molar-refractivity contribution < 1.29 is 22.7 Å². The maximum atomic E-state index is 12.9. The van der Waals surface area contributed by atoms with Gasteiger partial charge in [-0.15, -0.1) is 0 Å². The second-order valence-corrected chi connectivity index (χ2v) is 8.56. The quantitative estimate of drug-likeness (QED) is 0.726. The van der Waals surface area contributed by atoms with Gasteiger partial charge in [-0.05, 0) is 30.7 Å². The SMILES string of the molecule is COc1cccc(S(=O)(=O)N2CCC(Oc3ncccc3C(=O)N(C)C)C2)c1. The van der Waals surface area contributed by atoms with Crippen molar-refractivity contribution in [2.45, 2.75) is 17.4 Å². The van der Waals surface area contributed by atoms with E-state index in [0.717, 1.165) is 0 Å². The molecule has 0 bridgehead atoms. The molecule has 150 valence electrons. The van der Waals surface area contributed by atoms with Crippen LogP contribution in [0.4, 0.5) is 0 Å². The molecule has 1 aliphatic heterocycles. The average molecular weight is 405 g/mol. The fourth-order valence-electron chi connectivity index (χ4n) is 2.97. The van der Waals surface area contributed by atoms with Crippen molar-refractivity contribution in [3.05, 3.63) is 48.2 Å². The number of carbonyl (C=O) groups excluding carboxylic acids is 1. The predicted molar refractivity (Wildman–Crippen MR) is 103 cm³/mol. The molecule has 0 N–H and O–H groups in total. The van der Waals surface area contributed by atoms with Crippen molar-refractivity contribution in [1.82, 2.24) is 14.2 Å². The highest BCUT2D eigenvalue weighted by atomic mass is 32.2. The van der Waals surface area contributed by atoms with Crippen molar-refractivity contribution in [3.8, 4) is 11.6 Å². The van der Waals surface area contributed by atoms with Crippen LogP contribution in [0.2, 0.25) is 0 Å². The molecule has 1 saturated heterocycles. The molecule has 9 heteroatoms. The van der Waals surface area contributed by atoms with Crippen molar-refractivity contribution >= 4 is 15.9 Å². The monoisotopic (exact) mass is 405 g/mol. The maximum Gasteiger partial charge on any atom is 0.258 e. The lowest BCUT2D eigenvalue weighted by Gasteiger charge is -2.19. The lowest BCUT2D eigenvalue weighted by atomic mass is 10.2. The summed E-state index contributed by atoms with van der Waals surface area (Å²) in [5.41, 5.74) is 0.349. The van der Waals surface area contributed by atoms with E-state index >= 15 is 0 Å². The number of hydrogen-bond donors (Lipinski definition) is 0. The van der Waals surface area contributed by atoms with Gasteiger partial charge in [-0.1, -0.05) is 6.07 Å². The number of sulfonamides is 1. The minimum atomic E-state index is -3.66. The minimum absolute atomic E-state index is 0.175. The van der Waals surface area contributed by atoms with Crippen LogP contribution in [0.1, 0.15) is 16.8 Å². The zero-order valence-corrected chi connectivity index (χ0v) is 16.8. The Bertz CT molecular complexity index is 962. The van der Waals surface area contributed by atoms with Gasteiger partial charge in [0.05, 0.1) is 18.6 Å². The number of pyridine rings is 1. The molecule has 0 aliphatic carbocycles. The highest BCUT2D eigenvalue weighted by molar-refractivity contribution is 7.89. The molecule has 28 heavy (non-hydrogen) atoms. The van der Waals surface area contributed by atoms with Crippen LogP contribution < -0.4 is 9.47 Å². The van der Waals surface area contributed by atoms with Crippen LogP contribution in [0.15, 0.2) is 47.5 Å². The third-order valence-corrected chi connectivity index (χ3v) is 6.33. The smallest absolute Gasteiger partial charge is 0.258 e. The van der Waals surface area contributed by atoms with E-state index in [1.165, 1.54) is 22.4 Å². The molecule has 1 atom stereocenters. The Balaban J connectivity index is 1.75. The highest BCUT2D eigenvalue weighted by Gasteiger charge is 2.34. The molecule has 0 radical (unpaired) electrons. The molecular weight excluding hydrogens is 382 g/mol. The summed E-state index contributed by atoms with van der Waals surface area (Å²) < 4.78 is 38.2. The molecule has 1 aromatic heterocycles. The number of hydrogen-bond acceptors (Lipinski definition) is 6. The van der Waals surface area contributed by atoms with Gasteiger partial charge in [-0.2, -0.15) is 4.31 Å². The zero-order chi connectivity index (χ0) is 20.3. The first-order chi connectivity index (χ1) is 13.3. The van der Waals surface area contributed by atoms with Gasteiger partial charge in [0.1, 0.15) is 17.4 Å². The van der Waals surface area contributed by atoms with Crippen LogP contribution in [-0.4, -0.2) is 68.9 Å². The summed E-state index contributed by atoms with van der Waals surface area (Å²) >= 11 is 0. The summed E-state index contributed by atoms with van der Waals surface area (Å²) in [6, 6.07) is 9.68. The number of benzene rings is 1. The number of amides is 1. The Hall–Kier alpha value is -2.65. The first kappa shape index (κ1) is 20.1. The normalized spacial score (nSPS) is 17.3. The average Bonchev–Trinajstić information content (AvgIpc) is 3.17. The van der Waals surface area contributed by atoms with E-state index in [2.05, 4.69) is 4.98 Å². The molecule has 0 spiro atoms. The Labute approximate surface area is 164 Å². The van der Waals surface area contributed by atoms with Crippen molar-refractivity contribution in [3.63, 3.8) is 0 Å². The number of aromatic nitrogens is 1. The van der Waals surface area contributed by atoms with E-state index in [4.69, 9.17) is 9.47 Å². The number of ether oxygens (including phenoxy) is 2. The summed E-state index contributed by atoms with van der Waals surface area (Å²) in [6.07, 6.45) is 1.67. The molecule has 1 aliphatic rings. The fraction of sp³-hybridized carbons (Fsp3) is 0.368. The topological polar surface area (TPSA) is 89.0 Å². The molecule has 8 nitrogen and oxygen atoms in total. The summed E-state index contributed by atoms with van der Waals surface area (Å²) in [4.78, 5) is 18.1. The van der Waals surface area contributed by atoms with E-state index in [1.54, 1.807) is 50.6 Å². The summed E-state index contributed by atoms with van der Waals surface area (Å²) in [5, 5.41) is 0. The minimum Gasteiger partial charge on any atom is -0.497 e. The first-order valence-corrected chi connectivity index (χ1v) is 10.2. The summed E-state index contributed by atoms with van der Waals surface area (Å²) in [6.45, 7) is 0.514. The zero-order valence-electron chi connectivity index (χ0n) is 16.0. The Kier molecular flexibility index (Phi) is 5.85. The van der Waals surface area contributed by atoms with Gasteiger partial charge >= 0.3 is 0 Å². The molecule has 1 fully saturated rings. The molecular formula is C19H23N3O5S. The molecule has 2 heterocycles. The van der Waals surface area contributed by atoms with E-state index in [-0.39, 0.29) is 29.3 Å². The van der Waals surface area contributed by atoms with Gasteiger partial charge < -0.3 is 14.4 Å². The van der Waals surface area contributed by atoms with Crippen LogP contribution in [0, 0.1) is 0 Å². The molecule has 1 unspecified atom stereocenters. The van der Waals surface area contributed by atoms with E-state index in [9.17, 15) is 13.2 Å². The molecule has 1 aromatic carbocycles. The van der Waals surface area contributed by atoms with Crippen LogP contribution in [0.3, 0.4) is 0 Å². The number of carbonyl (C=O) groups is 1. The molecule has 2 aromatic rings. The van der Waals surface area contributed by atoms with Crippen molar-refractivity contribution in [2.75, 3.05) is 34.3 Å². The summed E-state index contributed by atoms with van der Waals surface area (Å²) in [5.74, 6) is 0.474. The van der Waals surface area contributed by atoms with Crippen LogP contribution in [0.25, 0.3) is 0 Å². The Morgan fingerprint density at radius 3 is 2.75 bits per heavy atom. The van der Waals surface area contributed by atoms with Gasteiger partial charge in [0.25, 0.3) is 5.91 Å². The van der Waals surface area contributed by atoms with E-state index < -0.39 is 10.0 Å². The summed E-state index contributed by atoms with van der Waals surface area (Å²) in [7, 11) is 1.13. The van der Waals surface area contributed by atoms with Crippen LogP contribution in [-0.2, 0) is 10.0 Å². The van der Waals surface area contributed by atoms with E-state index in [0.29, 0.717) is 24.3 Å². The van der Waals surface area contributed by atoms with Crippen molar-refractivity contribution in [1.29, 1.82) is 0 Å². The van der Waals surface area contributed by atoms with Gasteiger partial charge in [-0.25, -0.2) is 13.4 Å². The van der Waals surface area contributed by atoms with Gasteiger partial charge in [0.2, 0.25) is 15.9 Å². The predicted octanol–water partition coefficient (Wildman–Crippen LogP) is 1.63. The lowest BCUT2D eigenvalue weighted by Crippen LogP contribution is -2.31. The third-order valence-electron chi connectivity index (χ3n) is 4.47. The Morgan fingerprint density at radius 2 is 2.04 bits per heavy atom. The first-order valence-electron chi connectivity index (χ1n) is 8.80. The number of nitrogens with zero attached hydrogens (tertiary/aromatic N) is 3. The molecule has 0 saturated carbocycles. The van der Waals surface area contributed by atoms with Gasteiger partial charge in [0, 0.05) is 32.9 Å². The largest absolute Gasteiger partial charge is 0.497 e. The third kappa shape index (κ3) is 4.10. The van der Waals surface area contributed by atoms with Crippen LogP contribution in [0.5, 0.6) is 11.6 Å². The molecule has 3 rings (SSSR count). The van der Waals surface area contributed by atoms with E-state index in [1.807, 2.05) is 0 Å². The maximum absolute atomic E-state index is 12.9. The van der Waals surface area contributed by atoms with Gasteiger partial charge in [0.15, 0.2) is 0 Å².